The van der Waals surface area contributed by atoms with Gasteiger partial charge in [-0.3, -0.25) is 14.8 Å². The number of pyridine rings is 3. The molecule has 0 bridgehead atoms. The number of rotatable bonds is 6. The lowest BCUT2D eigenvalue weighted by Crippen LogP contribution is -2.40. The van der Waals surface area contributed by atoms with E-state index in [0.717, 1.165) is 28.6 Å². The maximum Gasteiger partial charge on any atom is 0.269 e. The van der Waals surface area contributed by atoms with Crippen LogP contribution in [0.4, 0.5) is 0 Å². The van der Waals surface area contributed by atoms with Gasteiger partial charge in [-0.25, -0.2) is 4.98 Å². The number of amides is 1. The van der Waals surface area contributed by atoms with E-state index < -0.39 is 0 Å². The highest BCUT2D eigenvalue weighted by Crippen LogP contribution is 2.27. The molecule has 6 heteroatoms. The van der Waals surface area contributed by atoms with Crippen molar-refractivity contribution in [2.45, 2.75) is 13.8 Å². The van der Waals surface area contributed by atoms with E-state index in [1.807, 2.05) is 38.4 Å². The Kier molecular flexibility index (Phi) is 5.46. The molecule has 0 fully saturated rings. The van der Waals surface area contributed by atoms with Crippen molar-refractivity contribution < 1.29 is 4.79 Å². The molecule has 3 aromatic rings. The second kappa shape index (κ2) is 7.80. The van der Waals surface area contributed by atoms with Crippen molar-refractivity contribution in [1.29, 1.82) is 0 Å². The average molecular weight is 363 g/mol. The van der Waals surface area contributed by atoms with E-state index in [9.17, 15) is 4.79 Å². The Labute approximate surface area is 159 Å². The highest BCUT2D eigenvalue weighted by atomic mass is 16.1. The minimum absolute atomic E-state index is 0.0339. The first-order valence-electron chi connectivity index (χ1n) is 8.94. The zero-order valence-electron chi connectivity index (χ0n) is 16.2. The molecule has 0 radical (unpaired) electrons. The van der Waals surface area contributed by atoms with Crippen LogP contribution in [0.5, 0.6) is 0 Å². The molecule has 0 saturated carbocycles. The third-order valence-electron chi connectivity index (χ3n) is 4.31. The first-order valence-corrected chi connectivity index (χ1v) is 8.94. The first-order chi connectivity index (χ1) is 12.9. The van der Waals surface area contributed by atoms with Crippen LogP contribution >= 0.6 is 0 Å². The fourth-order valence-corrected chi connectivity index (χ4v) is 3.28. The predicted molar refractivity (Wildman–Crippen MR) is 107 cm³/mol. The summed E-state index contributed by atoms with van der Waals surface area (Å²) in [6.07, 6.45) is 6.94. The van der Waals surface area contributed by atoms with Gasteiger partial charge in [0.25, 0.3) is 5.91 Å². The summed E-state index contributed by atoms with van der Waals surface area (Å²) in [6, 6.07) is 7.49. The average Bonchev–Trinajstić information content (AvgIpc) is 2.65. The molecule has 0 aliphatic rings. The Hall–Kier alpha value is -2.86. The van der Waals surface area contributed by atoms with Crippen molar-refractivity contribution in [2.75, 3.05) is 27.2 Å². The summed E-state index contributed by atoms with van der Waals surface area (Å²) in [7, 11) is 4.06. The highest BCUT2D eigenvalue weighted by molar-refractivity contribution is 6.00. The fraction of sp³-hybridized carbons (Fsp3) is 0.333. The molecule has 3 rings (SSSR count). The molecular formula is C21H25N5O. The molecule has 0 spiro atoms. The molecule has 0 atom stereocenters. The van der Waals surface area contributed by atoms with E-state index in [4.69, 9.17) is 0 Å². The summed E-state index contributed by atoms with van der Waals surface area (Å²) in [4.78, 5) is 27.7. The summed E-state index contributed by atoms with van der Waals surface area (Å²) in [5.74, 6) is -0.171. The van der Waals surface area contributed by atoms with Crippen molar-refractivity contribution >= 4 is 16.8 Å². The minimum atomic E-state index is -0.171. The maximum atomic E-state index is 12.8. The van der Waals surface area contributed by atoms with Crippen LogP contribution in [0.15, 0.2) is 49.1 Å². The Balaban J connectivity index is 1.92. The number of nitrogens with zero attached hydrogens (tertiary/aromatic N) is 4. The molecule has 6 nitrogen and oxygen atoms in total. The molecule has 1 amide bonds. The van der Waals surface area contributed by atoms with Crippen LogP contribution in [0.1, 0.15) is 24.3 Å². The van der Waals surface area contributed by atoms with Gasteiger partial charge in [0.2, 0.25) is 0 Å². The van der Waals surface area contributed by atoms with Crippen molar-refractivity contribution in [3.05, 3.63) is 54.7 Å². The van der Waals surface area contributed by atoms with Gasteiger partial charge in [-0.1, -0.05) is 13.8 Å². The van der Waals surface area contributed by atoms with Gasteiger partial charge in [-0.2, -0.15) is 0 Å². The van der Waals surface area contributed by atoms with E-state index in [2.05, 4.69) is 39.0 Å². The van der Waals surface area contributed by atoms with Crippen LogP contribution in [-0.2, 0) is 0 Å². The van der Waals surface area contributed by atoms with Crippen molar-refractivity contribution in [3.63, 3.8) is 0 Å². The molecule has 1 N–H and O–H groups in total. The predicted octanol–water partition coefficient (Wildman–Crippen LogP) is 3.01. The lowest BCUT2D eigenvalue weighted by atomic mass is 9.93. The van der Waals surface area contributed by atoms with Gasteiger partial charge < -0.3 is 10.2 Å². The number of carbonyl (C=O) groups excluding carboxylic acids is 1. The minimum Gasteiger partial charge on any atom is -0.350 e. The normalized spacial score (nSPS) is 11.7. The summed E-state index contributed by atoms with van der Waals surface area (Å²) in [5, 5.41) is 3.94. The Morgan fingerprint density at radius 1 is 1.11 bits per heavy atom. The van der Waals surface area contributed by atoms with Crippen LogP contribution in [-0.4, -0.2) is 52.9 Å². The van der Waals surface area contributed by atoms with Gasteiger partial charge in [0.15, 0.2) is 0 Å². The number of aromatic nitrogens is 3. The number of carbonyl (C=O) groups is 1. The Morgan fingerprint density at radius 3 is 2.52 bits per heavy atom. The molecule has 3 aromatic heterocycles. The molecule has 0 saturated heterocycles. The lowest BCUT2D eigenvalue weighted by Gasteiger charge is -2.28. The SMILES string of the molecule is CN(C)CC(C)(C)CNC(=O)c1cc(-c2ccncc2)c2cnccc2n1. The second-order valence-electron chi connectivity index (χ2n) is 7.77. The van der Waals surface area contributed by atoms with E-state index in [-0.39, 0.29) is 11.3 Å². The molecule has 140 valence electrons. The van der Waals surface area contributed by atoms with Crippen LogP contribution in [0, 0.1) is 5.41 Å². The second-order valence-corrected chi connectivity index (χ2v) is 7.77. The van der Waals surface area contributed by atoms with E-state index >= 15 is 0 Å². The standard InChI is InChI=1S/C21H25N5O/c1-21(2,14-26(3)4)13-24-20(27)19-11-16(15-5-8-22-9-6-15)17-12-23-10-7-18(17)25-19/h5-12H,13-14H2,1-4H3,(H,24,27). The van der Waals surface area contributed by atoms with Gasteiger partial charge in [0.05, 0.1) is 5.52 Å². The van der Waals surface area contributed by atoms with Crippen LogP contribution in [0.3, 0.4) is 0 Å². The van der Waals surface area contributed by atoms with Crippen LogP contribution in [0.2, 0.25) is 0 Å². The van der Waals surface area contributed by atoms with Gasteiger partial charge in [0, 0.05) is 43.3 Å². The molecule has 0 aromatic carbocycles. The summed E-state index contributed by atoms with van der Waals surface area (Å²) in [6.45, 7) is 5.72. The van der Waals surface area contributed by atoms with Crippen LogP contribution in [0.25, 0.3) is 22.0 Å². The van der Waals surface area contributed by atoms with Crippen LogP contribution < -0.4 is 5.32 Å². The third kappa shape index (κ3) is 4.65. The Bertz CT molecular complexity index is 938. The molecule has 0 aliphatic carbocycles. The molecule has 0 unspecified atom stereocenters. The fourth-order valence-electron chi connectivity index (χ4n) is 3.28. The number of hydrogen-bond donors (Lipinski definition) is 1. The van der Waals surface area contributed by atoms with Crippen molar-refractivity contribution in [1.82, 2.24) is 25.2 Å². The van der Waals surface area contributed by atoms with Gasteiger partial charge >= 0.3 is 0 Å². The topological polar surface area (TPSA) is 71.0 Å². The van der Waals surface area contributed by atoms with Gasteiger partial charge in [0.1, 0.15) is 5.69 Å². The molecule has 27 heavy (non-hydrogen) atoms. The van der Waals surface area contributed by atoms with E-state index in [0.29, 0.717) is 12.2 Å². The van der Waals surface area contributed by atoms with Crippen molar-refractivity contribution in [2.24, 2.45) is 5.41 Å². The highest BCUT2D eigenvalue weighted by Gasteiger charge is 2.21. The van der Waals surface area contributed by atoms with Gasteiger partial charge in [-0.15, -0.1) is 0 Å². The van der Waals surface area contributed by atoms with Gasteiger partial charge in [-0.05, 0) is 54.9 Å². The molecule has 0 aliphatic heterocycles. The summed E-state index contributed by atoms with van der Waals surface area (Å²) < 4.78 is 0. The van der Waals surface area contributed by atoms with E-state index in [1.54, 1.807) is 24.8 Å². The smallest absolute Gasteiger partial charge is 0.269 e. The third-order valence-corrected chi connectivity index (χ3v) is 4.31. The monoisotopic (exact) mass is 363 g/mol. The number of hydrogen-bond acceptors (Lipinski definition) is 5. The number of fused-ring (bicyclic) bond motifs is 1. The van der Waals surface area contributed by atoms with Crippen molar-refractivity contribution in [3.8, 4) is 11.1 Å². The summed E-state index contributed by atoms with van der Waals surface area (Å²) >= 11 is 0. The zero-order valence-corrected chi connectivity index (χ0v) is 16.2. The Morgan fingerprint density at radius 2 is 1.81 bits per heavy atom. The largest absolute Gasteiger partial charge is 0.350 e. The number of nitrogens with one attached hydrogen (secondary N) is 1. The maximum absolute atomic E-state index is 12.8. The molecule has 3 heterocycles. The molecular weight excluding hydrogens is 338 g/mol. The quantitative estimate of drug-likeness (QED) is 0.729. The van der Waals surface area contributed by atoms with E-state index in [1.165, 1.54) is 0 Å². The first kappa shape index (κ1) is 18.9. The zero-order chi connectivity index (χ0) is 19.4. The summed E-state index contributed by atoms with van der Waals surface area (Å²) in [5.41, 5.74) is 3.02. The lowest BCUT2D eigenvalue weighted by molar-refractivity contribution is 0.0924.